The second kappa shape index (κ2) is 8.98. The fraction of sp³-hybridized carbons (Fsp3) is 0.455. The Morgan fingerprint density at radius 1 is 1.33 bits per heavy atom. The summed E-state index contributed by atoms with van der Waals surface area (Å²) in [6.45, 7) is 5.03. The van der Waals surface area contributed by atoms with Gasteiger partial charge in [0.1, 0.15) is 11.6 Å². The van der Waals surface area contributed by atoms with E-state index in [2.05, 4.69) is 29.5 Å². The van der Waals surface area contributed by atoms with Gasteiger partial charge in [-0.25, -0.2) is 9.37 Å². The van der Waals surface area contributed by atoms with E-state index >= 15 is 0 Å². The molecule has 2 N–H and O–H groups in total. The number of amides is 1. The molecule has 2 aromatic rings. The number of pyridine rings is 1. The molecule has 0 spiro atoms. The Morgan fingerprint density at radius 3 is 2.85 bits per heavy atom. The summed E-state index contributed by atoms with van der Waals surface area (Å²) in [4.78, 5) is 17.0. The zero-order valence-corrected chi connectivity index (χ0v) is 16.1. The Hall–Kier alpha value is -2.43. The third-order valence-electron chi connectivity index (χ3n) is 4.96. The molecule has 1 heterocycles. The van der Waals surface area contributed by atoms with Crippen molar-refractivity contribution in [3.8, 4) is 0 Å². The van der Waals surface area contributed by atoms with Gasteiger partial charge >= 0.3 is 0 Å². The average molecular weight is 369 g/mol. The topological polar surface area (TPSA) is 54.0 Å². The molecule has 1 saturated carbocycles. The molecular formula is C22H28FN3O. The van der Waals surface area contributed by atoms with E-state index in [0.717, 1.165) is 24.8 Å². The zero-order valence-electron chi connectivity index (χ0n) is 16.1. The molecular weight excluding hydrogens is 341 g/mol. The minimum Gasteiger partial charge on any atom is -0.352 e. The molecule has 1 atom stereocenters. The van der Waals surface area contributed by atoms with E-state index < -0.39 is 0 Å². The van der Waals surface area contributed by atoms with Gasteiger partial charge in [0.15, 0.2) is 0 Å². The standard InChI is InChI=1S/C22H28FN3O/c1-3-4-6-15(2)13-25-22(27)20-14-24-21(12-19(20)16-9-10-16)26-18-8-5-7-17(23)11-18/h5,7-8,11-12,14-16H,3-4,6,9-10,13H2,1-2H3,(H,24,26)(H,25,27). The molecule has 0 saturated heterocycles. The Balaban J connectivity index is 1.69. The monoisotopic (exact) mass is 369 g/mol. The van der Waals surface area contributed by atoms with Crippen LogP contribution in [0.15, 0.2) is 36.5 Å². The van der Waals surface area contributed by atoms with Gasteiger partial charge in [-0.05, 0) is 60.9 Å². The van der Waals surface area contributed by atoms with Crippen LogP contribution in [0, 0.1) is 11.7 Å². The Labute approximate surface area is 160 Å². The number of hydrogen-bond acceptors (Lipinski definition) is 3. The first-order chi connectivity index (χ1) is 13.1. The van der Waals surface area contributed by atoms with Crippen LogP contribution < -0.4 is 10.6 Å². The number of nitrogens with zero attached hydrogens (tertiary/aromatic N) is 1. The Kier molecular flexibility index (Phi) is 6.43. The molecule has 1 unspecified atom stereocenters. The number of carbonyl (C=O) groups is 1. The van der Waals surface area contributed by atoms with Gasteiger partial charge in [0, 0.05) is 18.4 Å². The van der Waals surface area contributed by atoms with Crippen molar-refractivity contribution in [2.75, 3.05) is 11.9 Å². The second-order valence-electron chi connectivity index (χ2n) is 7.52. The lowest BCUT2D eigenvalue weighted by Crippen LogP contribution is -2.29. The molecule has 3 rings (SSSR count). The number of nitrogens with one attached hydrogen (secondary N) is 2. The Morgan fingerprint density at radius 2 is 2.15 bits per heavy atom. The minimum absolute atomic E-state index is 0.0509. The zero-order chi connectivity index (χ0) is 19.2. The van der Waals surface area contributed by atoms with Crippen molar-refractivity contribution in [2.24, 2.45) is 5.92 Å². The number of anilines is 2. The number of carbonyl (C=O) groups excluding carboxylic acids is 1. The first-order valence-electron chi connectivity index (χ1n) is 9.87. The van der Waals surface area contributed by atoms with Crippen LogP contribution in [0.25, 0.3) is 0 Å². The summed E-state index contributed by atoms with van der Waals surface area (Å²) in [6.07, 6.45) is 7.32. The molecule has 0 bridgehead atoms. The van der Waals surface area contributed by atoms with Crippen molar-refractivity contribution >= 4 is 17.4 Å². The molecule has 1 aliphatic rings. The number of benzene rings is 1. The summed E-state index contributed by atoms with van der Waals surface area (Å²) < 4.78 is 13.4. The molecule has 1 amide bonds. The van der Waals surface area contributed by atoms with Crippen molar-refractivity contribution in [1.29, 1.82) is 0 Å². The maximum absolute atomic E-state index is 13.4. The van der Waals surface area contributed by atoms with E-state index in [1.165, 1.54) is 25.0 Å². The molecule has 1 aliphatic carbocycles. The smallest absolute Gasteiger partial charge is 0.253 e. The maximum Gasteiger partial charge on any atom is 0.253 e. The van der Waals surface area contributed by atoms with Crippen molar-refractivity contribution in [3.05, 3.63) is 53.5 Å². The van der Waals surface area contributed by atoms with Gasteiger partial charge in [-0.1, -0.05) is 32.8 Å². The first-order valence-corrected chi connectivity index (χ1v) is 9.87. The highest BCUT2D eigenvalue weighted by Gasteiger charge is 2.29. The van der Waals surface area contributed by atoms with Gasteiger partial charge in [-0.3, -0.25) is 4.79 Å². The van der Waals surface area contributed by atoms with Gasteiger partial charge < -0.3 is 10.6 Å². The van der Waals surface area contributed by atoms with Gasteiger partial charge in [0.25, 0.3) is 5.91 Å². The van der Waals surface area contributed by atoms with Crippen LogP contribution in [0.5, 0.6) is 0 Å². The van der Waals surface area contributed by atoms with Crippen LogP contribution >= 0.6 is 0 Å². The summed E-state index contributed by atoms with van der Waals surface area (Å²) in [5.74, 6) is 1.18. The highest BCUT2D eigenvalue weighted by molar-refractivity contribution is 5.96. The highest BCUT2D eigenvalue weighted by Crippen LogP contribution is 2.42. The predicted octanol–water partition coefficient (Wildman–Crippen LogP) is 5.40. The molecule has 0 radical (unpaired) electrons. The summed E-state index contributed by atoms with van der Waals surface area (Å²) in [6, 6.07) is 8.21. The fourth-order valence-corrected chi connectivity index (χ4v) is 3.19. The number of halogens is 1. The fourth-order valence-electron chi connectivity index (χ4n) is 3.19. The summed E-state index contributed by atoms with van der Waals surface area (Å²) in [5.41, 5.74) is 2.33. The van der Waals surface area contributed by atoms with Crippen LogP contribution in [0.3, 0.4) is 0 Å². The summed E-state index contributed by atoms with van der Waals surface area (Å²) in [5, 5.41) is 6.18. The highest BCUT2D eigenvalue weighted by atomic mass is 19.1. The largest absolute Gasteiger partial charge is 0.352 e. The van der Waals surface area contributed by atoms with Crippen LogP contribution in [0.4, 0.5) is 15.9 Å². The summed E-state index contributed by atoms with van der Waals surface area (Å²) in [7, 11) is 0. The van der Waals surface area contributed by atoms with Gasteiger partial charge in [0.2, 0.25) is 0 Å². The molecule has 5 heteroatoms. The maximum atomic E-state index is 13.4. The molecule has 0 aliphatic heterocycles. The second-order valence-corrected chi connectivity index (χ2v) is 7.52. The third kappa shape index (κ3) is 5.52. The van der Waals surface area contributed by atoms with E-state index in [1.807, 2.05) is 6.07 Å². The van der Waals surface area contributed by atoms with Crippen molar-refractivity contribution < 1.29 is 9.18 Å². The molecule has 27 heavy (non-hydrogen) atoms. The van der Waals surface area contributed by atoms with E-state index in [0.29, 0.717) is 35.4 Å². The number of unbranched alkanes of at least 4 members (excludes halogenated alkanes) is 1. The predicted molar refractivity (Wildman–Crippen MR) is 107 cm³/mol. The quantitative estimate of drug-likeness (QED) is 0.622. The molecule has 4 nitrogen and oxygen atoms in total. The average Bonchev–Trinajstić information content (AvgIpc) is 3.49. The van der Waals surface area contributed by atoms with Crippen molar-refractivity contribution in [2.45, 2.75) is 51.9 Å². The van der Waals surface area contributed by atoms with Crippen LogP contribution in [-0.4, -0.2) is 17.4 Å². The van der Waals surface area contributed by atoms with Crippen LogP contribution in [0.1, 0.15) is 67.8 Å². The molecule has 144 valence electrons. The van der Waals surface area contributed by atoms with E-state index in [9.17, 15) is 9.18 Å². The first kappa shape index (κ1) is 19.3. The van der Waals surface area contributed by atoms with Crippen LogP contribution in [-0.2, 0) is 0 Å². The number of hydrogen-bond donors (Lipinski definition) is 2. The van der Waals surface area contributed by atoms with Gasteiger partial charge in [-0.15, -0.1) is 0 Å². The summed E-state index contributed by atoms with van der Waals surface area (Å²) >= 11 is 0. The minimum atomic E-state index is -0.296. The van der Waals surface area contributed by atoms with Crippen molar-refractivity contribution in [1.82, 2.24) is 10.3 Å². The number of aromatic nitrogens is 1. The lowest BCUT2D eigenvalue weighted by molar-refractivity contribution is 0.0946. The lowest BCUT2D eigenvalue weighted by Gasteiger charge is -2.15. The molecule has 1 aromatic heterocycles. The Bertz CT molecular complexity index is 789. The molecule has 1 aromatic carbocycles. The normalized spacial score (nSPS) is 14.6. The van der Waals surface area contributed by atoms with E-state index in [-0.39, 0.29) is 11.7 Å². The van der Waals surface area contributed by atoms with E-state index in [4.69, 9.17) is 0 Å². The third-order valence-corrected chi connectivity index (χ3v) is 4.96. The van der Waals surface area contributed by atoms with Gasteiger partial charge in [0.05, 0.1) is 5.56 Å². The van der Waals surface area contributed by atoms with Gasteiger partial charge in [-0.2, -0.15) is 0 Å². The van der Waals surface area contributed by atoms with Crippen LogP contribution in [0.2, 0.25) is 0 Å². The van der Waals surface area contributed by atoms with E-state index in [1.54, 1.807) is 18.3 Å². The lowest BCUT2D eigenvalue weighted by atomic mass is 10.0. The van der Waals surface area contributed by atoms with Crippen molar-refractivity contribution in [3.63, 3.8) is 0 Å². The molecule has 1 fully saturated rings. The SMILES string of the molecule is CCCCC(C)CNC(=O)c1cnc(Nc2cccc(F)c2)cc1C1CC1. The number of rotatable bonds is 9.